The highest BCUT2D eigenvalue weighted by atomic mass is 16.5. The van der Waals surface area contributed by atoms with Crippen LogP contribution in [0, 0.1) is 0 Å². The lowest BCUT2D eigenvalue weighted by molar-refractivity contribution is -0.141. The van der Waals surface area contributed by atoms with Gasteiger partial charge in [0.2, 0.25) is 0 Å². The average Bonchev–Trinajstić information content (AvgIpc) is 2.87. The molecule has 5 nitrogen and oxygen atoms in total. The number of hydrogen-bond acceptors (Lipinski definition) is 4. The number of fused-ring (bicyclic) bond motifs is 3. The molecule has 0 aromatic heterocycles. The van der Waals surface area contributed by atoms with Crippen LogP contribution in [-0.2, 0) is 9.53 Å². The van der Waals surface area contributed by atoms with Crippen LogP contribution < -0.4 is 5.32 Å². The third kappa shape index (κ3) is 2.80. The first-order valence-corrected chi connectivity index (χ1v) is 7.67. The number of hydrogen-bond donors (Lipinski definition) is 1. The summed E-state index contributed by atoms with van der Waals surface area (Å²) in [6.07, 6.45) is 0.0948. The monoisotopic (exact) mass is 323 g/mol. The average molecular weight is 323 g/mol. The molecule has 1 aliphatic rings. The van der Waals surface area contributed by atoms with Crippen LogP contribution in [0.3, 0.4) is 0 Å². The maximum absolute atomic E-state index is 12.5. The molecule has 1 amide bonds. The Kier molecular flexibility index (Phi) is 4.16. The maximum Gasteiger partial charge on any atom is 0.307 e. The van der Waals surface area contributed by atoms with Gasteiger partial charge in [0.1, 0.15) is 0 Å². The van der Waals surface area contributed by atoms with Gasteiger partial charge in [-0.15, -0.1) is 0 Å². The van der Waals surface area contributed by atoms with Gasteiger partial charge in [-0.3, -0.25) is 14.4 Å². The summed E-state index contributed by atoms with van der Waals surface area (Å²) >= 11 is 0. The number of amides is 1. The number of carbonyl (C=O) groups excluding carboxylic acids is 3. The molecule has 0 radical (unpaired) electrons. The summed E-state index contributed by atoms with van der Waals surface area (Å²) in [7, 11) is 1.31. The highest BCUT2D eigenvalue weighted by Gasteiger charge is 2.27. The van der Waals surface area contributed by atoms with Gasteiger partial charge in [0.25, 0.3) is 5.91 Å². The molecule has 24 heavy (non-hydrogen) atoms. The third-order valence-corrected chi connectivity index (χ3v) is 4.07. The normalized spacial score (nSPS) is 13.0. The molecule has 0 aliphatic heterocycles. The summed E-state index contributed by atoms with van der Waals surface area (Å²) in [6, 6.07) is 12.1. The third-order valence-electron chi connectivity index (χ3n) is 4.07. The van der Waals surface area contributed by atoms with Gasteiger partial charge in [0.05, 0.1) is 13.5 Å². The zero-order valence-electron chi connectivity index (χ0n) is 13.5. The van der Waals surface area contributed by atoms with Crippen molar-refractivity contribution in [3.8, 4) is 11.1 Å². The van der Waals surface area contributed by atoms with Crippen molar-refractivity contribution in [3.05, 3.63) is 59.2 Å². The van der Waals surface area contributed by atoms with Crippen LogP contribution in [0.25, 0.3) is 11.1 Å². The van der Waals surface area contributed by atoms with Crippen molar-refractivity contribution in [1.29, 1.82) is 0 Å². The number of esters is 1. The van der Waals surface area contributed by atoms with Gasteiger partial charge < -0.3 is 10.1 Å². The molecule has 2 aromatic rings. The number of rotatable bonds is 4. The minimum Gasteiger partial charge on any atom is -0.469 e. The molecule has 3 rings (SSSR count). The van der Waals surface area contributed by atoms with Crippen molar-refractivity contribution in [2.24, 2.45) is 0 Å². The van der Waals surface area contributed by atoms with Gasteiger partial charge in [-0.05, 0) is 30.2 Å². The molecule has 1 aliphatic carbocycles. The van der Waals surface area contributed by atoms with Crippen LogP contribution in [0.1, 0.15) is 39.6 Å². The van der Waals surface area contributed by atoms with E-state index >= 15 is 0 Å². The smallest absolute Gasteiger partial charge is 0.307 e. The Morgan fingerprint density at radius 2 is 1.71 bits per heavy atom. The van der Waals surface area contributed by atoms with Crippen LogP contribution in [-0.4, -0.2) is 30.8 Å². The van der Waals surface area contributed by atoms with Gasteiger partial charge >= 0.3 is 5.97 Å². The SMILES string of the molecule is COC(=O)CC(C)NC(=O)c1ccc2c(c1)C(=O)c1ccccc1-2. The van der Waals surface area contributed by atoms with E-state index in [2.05, 4.69) is 10.1 Å². The first kappa shape index (κ1) is 15.9. The summed E-state index contributed by atoms with van der Waals surface area (Å²) in [6.45, 7) is 1.73. The van der Waals surface area contributed by atoms with E-state index in [1.807, 2.05) is 18.2 Å². The van der Waals surface area contributed by atoms with E-state index < -0.39 is 0 Å². The van der Waals surface area contributed by atoms with Crippen LogP contribution in [0.5, 0.6) is 0 Å². The largest absolute Gasteiger partial charge is 0.469 e. The van der Waals surface area contributed by atoms with Gasteiger partial charge in [-0.25, -0.2) is 0 Å². The van der Waals surface area contributed by atoms with Crippen LogP contribution in [0.2, 0.25) is 0 Å². The number of nitrogens with one attached hydrogen (secondary N) is 1. The molecule has 122 valence electrons. The van der Waals surface area contributed by atoms with Crippen molar-refractivity contribution < 1.29 is 19.1 Å². The van der Waals surface area contributed by atoms with E-state index in [0.717, 1.165) is 11.1 Å². The molecule has 0 fully saturated rings. The second-order valence-electron chi connectivity index (χ2n) is 5.79. The summed E-state index contributed by atoms with van der Waals surface area (Å²) in [4.78, 5) is 36.1. The predicted octanol–water partition coefficient (Wildman–Crippen LogP) is 2.58. The molecule has 0 saturated heterocycles. The lowest BCUT2D eigenvalue weighted by Gasteiger charge is -2.13. The fourth-order valence-electron chi connectivity index (χ4n) is 2.86. The fourth-order valence-corrected chi connectivity index (χ4v) is 2.86. The molecule has 1 atom stereocenters. The van der Waals surface area contributed by atoms with Crippen molar-refractivity contribution in [2.45, 2.75) is 19.4 Å². The Labute approximate surface area is 139 Å². The number of ketones is 1. The molecule has 0 heterocycles. The molecular weight excluding hydrogens is 306 g/mol. The molecule has 0 bridgehead atoms. The molecular formula is C19H17NO4. The minimum atomic E-state index is -0.387. The Morgan fingerprint density at radius 3 is 2.42 bits per heavy atom. The van der Waals surface area contributed by atoms with Gasteiger partial charge in [0, 0.05) is 22.7 Å². The standard InChI is InChI=1S/C19H17NO4/c1-11(9-17(21)24-2)20-19(23)12-7-8-14-13-5-3-4-6-15(13)18(22)16(14)10-12/h3-8,10-11H,9H2,1-2H3,(H,20,23). The first-order chi connectivity index (χ1) is 11.5. The zero-order valence-corrected chi connectivity index (χ0v) is 13.5. The van der Waals surface area contributed by atoms with E-state index in [1.165, 1.54) is 7.11 Å². The molecule has 0 spiro atoms. The second kappa shape index (κ2) is 6.28. The predicted molar refractivity (Wildman–Crippen MR) is 88.9 cm³/mol. The fraction of sp³-hybridized carbons (Fsp3) is 0.211. The Morgan fingerprint density at radius 1 is 1.04 bits per heavy atom. The first-order valence-electron chi connectivity index (χ1n) is 7.67. The molecule has 1 N–H and O–H groups in total. The molecule has 2 aromatic carbocycles. The highest BCUT2D eigenvalue weighted by Crippen LogP contribution is 2.36. The maximum atomic E-state index is 12.5. The molecule has 0 saturated carbocycles. The van der Waals surface area contributed by atoms with E-state index in [-0.39, 0.29) is 30.1 Å². The summed E-state index contributed by atoms with van der Waals surface area (Å²) in [5.74, 6) is -0.779. The number of benzene rings is 2. The summed E-state index contributed by atoms with van der Waals surface area (Å²) in [5, 5.41) is 2.74. The van der Waals surface area contributed by atoms with E-state index in [1.54, 1.807) is 31.2 Å². The minimum absolute atomic E-state index is 0.0714. The van der Waals surface area contributed by atoms with Gasteiger partial charge in [0.15, 0.2) is 5.78 Å². The van der Waals surface area contributed by atoms with Crippen LogP contribution >= 0.6 is 0 Å². The van der Waals surface area contributed by atoms with E-state index in [4.69, 9.17) is 0 Å². The molecule has 5 heteroatoms. The lowest BCUT2D eigenvalue weighted by atomic mass is 10.0. The van der Waals surface area contributed by atoms with Crippen LogP contribution in [0.4, 0.5) is 0 Å². The number of ether oxygens (including phenoxy) is 1. The summed E-state index contributed by atoms with van der Waals surface area (Å²) < 4.78 is 4.58. The lowest BCUT2D eigenvalue weighted by Crippen LogP contribution is -2.34. The van der Waals surface area contributed by atoms with Crippen molar-refractivity contribution in [2.75, 3.05) is 7.11 Å². The number of carbonyl (C=O) groups is 3. The topological polar surface area (TPSA) is 72.5 Å². The second-order valence-corrected chi connectivity index (χ2v) is 5.79. The molecule has 1 unspecified atom stereocenters. The Bertz CT molecular complexity index is 841. The van der Waals surface area contributed by atoms with E-state index in [9.17, 15) is 14.4 Å². The zero-order chi connectivity index (χ0) is 17.3. The Hall–Kier alpha value is -2.95. The summed E-state index contributed by atoms with van der Waals surface area (Å²) in [5.41, 5.74) is 3.32. The van der Waals surface area contributed by atoms with Gasteiger partial charge in [-0.1, -0.05) is 30.3 Å². The van der Waals surface area contributed by atoms with Crippen molar-refractivity contribution >= 4 is 17.7 Å². The van der Waals surface area contributed by atoms with Gasteiger partial charge in [-0.2, -0.15) is 0 Å². The number of methoxy groups -OCH3 is 1. The van der Waals surface area contributed by atoms with E-state index in [0.29, 0.717) is 16.7 Å². The highest BCUT2D eigenvalue weighted by molar-refractivity contribution is 6.22. The quantitative estimate of drug-likeness (QED) is 0.749. The Balaban J connectivity index is 1.82. The van der Waals surface area contributed by atoms with Crippen molar-refractivity contribution in [3.63, 3.8) is 0 Å². The van der Waals surface area contributed by atoms with Crippen LogP contribution in [0.15, 0.2) is 42.5 Å². The van der Waals surface area contributed by atoms with Crippen molar-refractivity contribution in [1.82, 2.24) is 5.32 Å².